The van der Waals surface area contributed by atoms with Gasteiger partial charge in [0.15, 0.2) is 0 Å². The highest BCUT2D eigenvalue weighted by Crippen LogP contribution is 2.53. The highest BCUT2D eigenvalue weighted by molar-refractivity contribution is 9.13. The van der Waals surface area contributed by atoms with E-state index in [1.807, 2.05) is 12.1 Å². The molecule has 0 fully saturated rings. The Morgan fingerprint density at radius 3 is 2.73 bits per heavy atom. The van der Waals surface area contributed by atoms with Crippen LogP contribution < -0.4 is 4.74 Å². The number of benzene rings is 2. The van der Waals surface area contributed by atoms with E-state index in [0.29, 0.717) is 0 Å². The second-order valence-electron chi connectivity index (χ2n) is 3.57. The molecule has 3 heteroatoms. The zero-order valence-electron chi connectivity index (χ0n) is 8.10. The molecule has 1 heterocycles. The molecule has 0 bridgehead atoms. The van der Waals surface area contributed by atoms with Crippen LogP contribution in [-0.2, 0) is 6.42 Å². The molecule has 0 N–H and O–H groups in total. The molecule has 0 unspecified atom stereocenters. The van der Waals surface area contributed by atoms with Gasteiger partial charge in [0, 0.05) is 19.9 Å². The van der Waals surface area contributed by atoms with E-state index >= 15 is 0 Å². The Bertz CT molecular complexity index is 576. The Kier molecular flexibility index (Phi) is 2.08. The van der Waals surface area contributed by atoms with Crippen molar-refractivity contribution in [2.75, 3.05) is 0 Å². The van der Waals surface area contributed by atoms with Crippen LogP contribution in [0.5, 0.6) is 11.5 Å². The van der Waals surface area contributed by atoms with Gasteiger partial charge < -0.3 is 4.74 Å². The van der Waals surface area contributed by atoms with E-state index < -0.39 is 0 Å². The van der Waals surface area contributed by atoms with Gasteiger partial charge in [-0.2, -0.15) is 0 Å². The zero-order valence-corrected chi connectivity index (χ0v) is 11.3. The van der Waals surface area contributed by atoms with E-state index in [1.54, 1.807) is 0 Å². The average molecular weight is 328 g/mol. The van der Waals surface area contributed by atoms with E-state index in [4.69, 9.17) is 4.74 Å². The molecular weight excluding hydrogens is 320 g/mol. The topological polar surface area (TPSA) is 9.23 Å². The number of ether oxygens (including phenoxy) is 1. The number of halogens is 2. The first kappa shape index (κ1) is 9.67. The van der Waals surface area contributed by atoms with Crippen LogP contribution in [0.4, 0.5) is 0 Å². The van der Waals surface area contributed by atoms with Crippen LogP contribution in [0.1, 0.15) is 12.5 Å². The lowest BCUT2D eigenvalue weighted by atomic mass is 9.99. The summed E-state index contributed by atoms with van der Waals surface area (Å²) in [7, 11) is 0. The van der Waals surface area contributed by atoms with Gasteiger partial charge in [0.1, 0.15) is 11.5 Å². The molecule has 3 rings (SSSR count). The molecule has 0 aliphatic carbocycles. The van der Waals surface area contributed by atoms with Crippen molar-refractivity contribution < 1.29 is 4.74 Å². The number of hydrogen-bond acceptors (Lipinski definition) is 1. The van der Waals surface area contributed by atoms with Crippen molar-refractivity contribution in [1.29, 1.82) is 0 Å². The van der Waals surface area contributed by atoms with Crippen LogP contribution in [0.2, 0.25) is 0 Å². The van der Waals surface area contributed by atoms with Gasteiger partial charge in [-0.3, -0.25) is 0 Å². The van der Waals surface area contributed by atoms with Crippen molar-refractivity contribution in [1.82, 2.24) is 0 Å². The maximum Gasteiger partial charge on any atom is 0.143 e. The van der Waals surface area contributed by atoms with Crippen LogP contribution in [-0.4, -0.2) is 0 Å². The van der Waals surface area contributed by atoms with Crippen molar-refractivity contribution in [2.45, 2.75) is 13.3 Å². The standard InChI is InChI=1S/C12H8Br2O/c1-2-6-10(13)11(14)7-4-3-5-8-9(7)12(6)15-8/h3-5H,2H2,1H3. The Morgan fingerprint density at radius 1 is 1.20 bits per heavy atom. The van der Waals surface area contributed by atoms with Gasteiger partial charge in [-0.25, -0.2) is 0 Å². The van der Waals surface area contributed by atoms with Crippen molar-refractivity contribution in [2.24, 2.45) is 0 Å². The second kappa shape index (κ2) is 3.22. The third kappa shape index (κ3) is 1.14. The van der Waals surface area contributed by atoms with Crippen molar-refractivity contribution in [3.8, 4) is 11.5 Å². The summed E-state index contributed by atoms with van der Waals surface area (Å²) in [6, 6.07) is 6.14. The molecule has 0 atom stereocenters. The molecule has 2 aromatic rings. The molecule has 0 saturated carbocycles. The Hall–Kier alpha value is -0.540. The van der Waals surface area contributed by atoms with Gasteiger partial charge in [-0.15, -0.1) is 0 Å². The summed E-state index contributed by atoms with van der Waals surface area (Å²) < 4.78 is 7.93. The minimum Gasteiger partial charge on any atom is -0.455 e. The minimum absolute atomic E-state index is 0.971. The Balaban J connectivity index is 2.52. The first-order valence-corrected chi connectivity index (χ1v) is 6.43. The Morgan fingerprint density at radius 2 is 2.00 bits per heavy atom. The van der Waals surface area contributed by atoms with Crippen LogP contribution in [0, 0.1) is 0 Å². The summed E-state index contributed by atoms with van der Waals surface area (Å²) in [5, 5.41) is 2.47. The summed E-state index contributed by atoms with van der Waals surface area (Å²) in [5.41, 5.74) is 1.24. The monoisotopic (exact) mass is 326 g/mol. The highest BCUT2D eigenvalue weighted by Gasteiger charge is 2.26. The maximum atomic E-state index is 5.68. The molecule has 1 nitrogen and oxygen atoms in total. The normalized spacial score (nSPS) is 12.5. The van der Waals surface area contributed by atoms with Crippen LogP contribution in [0.15, 0.2) is 27.1 Å². The van der Waals surface area contributed by atoms with Gasteiger partial charge in [0.05, 0.1) is 5.39 Å². The van der Waals surface area contributed by atoms with E-state index in [2.05, 4.69) is 44.8 Å². The molecule has 15 heavy (non-hydrogen) atoms. The van der Waals surface area contributed by atoms with Crippen LogP contribution >= 0.6 is 31.9 Å². The summed E-state index contributed by atoms with van der Waals surface area (Å²) in [6.45, 7) is 2.14. The van der Waals surface area contributed by atoms with E-state index in [0.717, 1.165) is 26.9 Å². The molecule has 2 aromatic carbocycles. The minimum atomic E-state index is 0.971. The summed E-state index contributed by atoms with van der Waals surface area (Å²) in [4.78, 5) is 0. The predicted octanol–water partition coefficient (Wildman–Crippen LogP) is 5.03. The van der Waals surface area contributed by atoms with Gasteiger partial charge in [-0.1, -0.05) is 19.1 Å². The largest absolute Gasteiger partial charge is 0.455 e. The van der Waals surface area contributed by atoms with Gasteiger partial charge in [0.2, 0.25) is 0 Å². The molecule has 0 aromatic heterocycles. The quantitative estimate of drug-likeness (QED) is 0.609. The van der Waals surface area contributed by atoms with Gasteiger partial charge in [-0.05, 0) is 44.3 Å². The molecule has 0 saturated heterocycles. The third-order valence-corrected chi connectivity index (χ3v) is 5.02. The lowest BCUT2D eigenvalue weighted by Gasteiger charge is -2.25. The number of rotatable bonds is 1. The highest BCUT2D eigenvalue weighted by atomic mass is 79.9. The molecule has 76 valence electrons. The van der Waals surface area contributed by atoms with E-state index in [-0.39, 0.29) is 0 Å². The SMILES string of the molecule is CCc1c(Br)c(Br)c2cccc3c2c1O3. The van der Waals surface area contributed by atoms with Crippen LogP contribution in [0.3, 0.4) is 0 Å². The van der Waals surface area contributed by atoms with E-state index in [1.165, 1.54) is 16.3 Å². The third-order valence-electron chi connectivity index (χ3n) is 2.79. The van der Waals surface area contributed by atoms with Gasteiger partial charge in [0.25, 0.3) is 0 Å². The van der Waals surface area contributed by atoms with E-state index in [9.17, 15) is 0 Å². The lowest BCUT2D eigenvalue weighted by molar-refractivity contribution is 0.455. The molecule has 0 amide bonds. The summed E-state index contributed by atoms with van der Waals surface area (Å²) in [6.07, 6.45) is 0.971. The van der Waals surface area contributed by atoms with Crippen molar-refractivity contribution in [3.63, 3.8) is 0 Å². The predicted molar refractivity (Wildman–Crippen MR) is 68.8 cm³/mol. The first-order valence-electron chi connectivity index (χ1n) is 4.84. The lowest BCUT2D eigenvalue weighted by Crippen LogP contribution is -2.03. The fourth-order valence-electron chi connectivity index (χ4n) is 2.03. The Labute approximate surface area is 105 Å². The zero-order chi connectivity index (χ0) is 10.6. The molecule has 0 radical (unpaired) electrons. The molecule has 0 spiro atoms. The molecule has 1 aliphatic rings. The maximum absolute atomic E-state index is 5.68. The average Bonchev–Trinajstić information content (AvgIpc) is 2.22. The van der Waals surface area contributed by atoms with Crippen LogP contribution in [0.25, 0.3) is 10.8 Å². The van der Waals surface area contributed by atoms with Gasteiger partial charge >= 0.3 is 0 Å². The fraction of sp³-hybridized carbons (Fsp3) is 0.167. The number of hydrogen-bond donors (Lipinski definition) is 0. The van der Waals surface area contributed by atoms with Crippen molar-refractivity contribution in [3.05, 3.63) is 32.7 Å². The fourth-order valence-corrected chi connectivity index (χ4v) is 3.27. The first-order chi connectivity index (χ1) is 7.24. The molecular formula is C12H8Br2O. The smallest absolute Gasteiger partial charge is 0.143 e. The second-order valence-corrected chi connectivity index (χ2v) is 5.16. The van der Waals surface area contributed by atoms with Crippen molar-refractivity contribution >= 4 is 42.6 Å². The molecule has 1 aliphatic heterocycles. The summed E-state index contributed by atoms with van der Waals surface area (Å²) in [5.74, 6) is 2.03. The summed E-state index contributed by atoms with van der Waals surface area (Å²) >= 11 is 7.25.